The number of carbonyl (C=O) groups is 2. The van der Waals surface area contributed by atoms with E-state index in [2.05, 4.69) is 10.1 Å². The predicted molar refractivity (Wildman–Crippen MR) is 87.5 cm³/mol. The highest BCUT2D eigenvalue weighted by molar-refractivity contribution is 6.04. The van der Waals surface area contributed by atoms with Crippen LogP contribution in [0.1, 0.15) is 37.5 Å². The van der Waals surface area contributed by atoms with Gasteiger partial charge >= 0.3 is 5.97 Å². The van der Waals surface area contributed by atoms with Crippen molar-refractivity contribution in [3.8, 4) is 11.4 Å². The molecule has 2 fully saturated rings. The summed E-state index contributed by atoms with van der Waals surface area (Å²) < 4.78 is 18.7. The number of nitrogens with zero attached hydrogens (tertiary/aromatic N) is 3. The Labute approximate surface area is 148 Å². The zero-order chi connectivity index (χ0) is 18.3. The van der Waals surface area contributed by atoms with Gasteiger partial charge in [-0.15, -0.1) is 0 Å². The fourth-order valence-electron chi connectivity index (χ4n) is 3.46. The summed E-state index contributed by atoms with van der Waals surface area (Å²) in [6.45, 7) is 0.897. The largest absolute Gasteiger partial charge is 0.480 e. The number of carboxylic acid groups (broad SMARTS) is 1. The van der Waals surface area contributed by atoms with Gasteiger partial charge in [0.2, 0.25) is 17.6 Å². The van der Waals surface area contributed by atoms with Gasteiger partial charge in [0.05, 0.1) is 5.92 Å². The monoisotopic (exact) mass is 359 g/mol. The van der Waals surface area contributed by atoms with E-state index in [9.17, 15) is 19.1 Å². The Morgan fingerprint density at radius 2 is 2.15 bits per heavy atom. The summed E-state index contributed by atoms with van der Waals surface area (Å²) in [7, 11) is 0. The number of rotatable bonds is 4. The zero-order valence-corrected chi connectivity index (χ0v) is 14.0. The summed E-state index contributed by atoms with van der Waals surface area (Å²) in [5.41, 5.74) is -0.713. The van der Waals surface area contributed by atoms with E-state index in [4.69, 9.17) is 4.52 Å². The first kappa shape index (κ1) is 16.7. The van der Waals surface area contributed by atoms with E-state index in [1.165, 1.54) is 12.1 Å². The van der Waals surface area contributed by atoms with Crippen molar-refractivity contribution in [3.05, 3.63) is 36.0 Å². The molecule has 1 saturated heterocycles. The average Bonchev–Trinajstić information content (AvgIpc) is 3.31. The molecule has 26 heavy (non-hydrogen) atoms. The van der Waals surface area contributed by atoms with Crippen LogP contribution in [-0.4, -0.2) is 45.1 Å². The number of aliphatic carboxylic acids is 1. The molecule has 136 valence electrons. The highest BCUT2D eigenvalue weighted by Crippen LogP contribution is 2.48. The van der Waals surface area contributed by atoms with Gasteiger partial charge in [-0.25, -0.2) is 4.39 Å². The smallest absolute Gasteiger partial charge is 0.319 e. The first-order valence-electron chi connectivity index (χ1n) is 8.62. The quantitative estimate of drug-likeness (QED) is 0.843. The minimum Gasteiger partial charge on any atom is -0.480 e. The van der Waals surface area contributed by atoms with Crippen LogP contribution in [0.25, 0.3) is 11.4 Å². The summed E-state index contributed by atoms with van der Waals surface area (Å²) in [5, 5.41) is 13.2. The zero-order valence-electron chi connectivity index (χ0n) is 14.0. The fraction of sp³-hybridized carbons (Fsp3) is 0.444. The summed E-state index contributed by atoms with van der Waals surface area (Å²) in [6.07, 6.45) is 2.30. The first-order valence-corrected chi connectivity index (χ1v) is 8.62. The van der Waals surface area contributed by atoms with Gasteiger partial charge < -0.3 is 14.5 Å². The highest BCUT2D eigenvalue weighted by atomic mass is 19.1. The minimum absolute atomic E-state index is 0.146. The van der Waals surface area contributed by atoms with E-state index in [0.29, 0.717) is 43.2 Å². The molecule has 7 nitrogen and oxygen atoms in total. The van der Waals surface area contributed by atoms with Crippen molar-refractivity contribution >= 4 is 11.9 Å². The Morgan fingerprint density at radius 3 is 2.85 bits per heavy atom. The second kappa shape index (κ2) is 6.19. The number of carboxylic acids is 1. The third-order valence-corrected chi connectivity index (χ3v) is 5.15. The molecule has 2 aliphatic rings. The third kappa shape index (κ3) is 2.85. The lowest BCUT2D eigenvalue weighted by Gasteiger charge is -2.32. The number of carbonyl (C=O) groups excluding carboxylic acids is 1. The molecule has 1 aliphatic carbocycles. The standard InChI is InChI=1S/C18H18FN3O4/c19-13-5-1-3-11(9-13)14-20-15(26-21-14)12-4-2-8-22(10-12)16(23)18(6-7-18)17(24)25/h1,3,5,9,12H,2,4,6-8,10H2,(H,24,25)/t12-/m1/s1. The van der Waals surface area contributed by atoms with Crippen LogP contribution in [0.5, 0.6) is 0 Å². The van der Waals surface area contributed by atoms with Crippen molar-refractivity contribution in [2.75, 3.05) is 13.1 Å². The molecular weight excluding hydrogens is 341 g/mol. The number of hydrogen-bond acceptors (Lipinski definition) is 5. The molecule has 1 aromatic heterocycles. The summed E-state index contributed by atoms with van der Waals surface area (Å²) in [4.78, 5) is 29.9. The predicted octanol–water partition coefficient (Wildman–Crippen LogP) is 2.45. The van der Waals surface area contributed by atoms with Crippen molar-refractivity contribution in [1.82, 2.24) is 15.0 Å². The number of aromatic nitrogens is 2. The van der Waals surface area contributed by atoms with Gasteiger partial charge in [0, 0.05) is 18.7 Å². The van der Waals surface area contributed by atoms with Crippen LogP contribution in [-0.2, 0) is 9.59 Å². The van der Waals surface area contributed by atoms with Crippen LogP contribution in [0.15, 0.2) is 28.8 Å². The topological polar surface area (TPSA) is 96.5 Å². The number of likely N-dealkylation sites (tertiary alicyclic amines) is 1. The molecule has 0 unspecified atom stereocenters. The van der Waals surface area contributed by atoms with E-state index < -0.39 is 11.4 Å². The van der Waals surface area contributed by atoms with Crippen molar-refractivity contribution in [1.29, 1.82) is 0 Å². The molecule has 4 rings (SSSR count). The van der Waals surface area contributed by atoms with Crippen LogP contribution in [0.3, 0.4) is 0 Å². The lowest BCUT2D eigenvalue weighted by atomic mass is 9.95. The van der Waals surface area contributed by atoms with Gasteiger partial charge in [-0.3, -0.25) is 9.59 Å². The van der Waals surface area contributed by atoms with Crippen molar-refractivity contribution in [2.45, 2.75) is 31.6 Å². The van der Waals surface area contributed by atoms with E-state index in [1.807, 2.05) is 0 Å². The molecule has 1 atom stereocenters. The maximum Gasteiger partial charge on any atom is 0.319 e. The van der Waals surface area contributed by atoms with Crippen molar-refractivity contribution < 1.29 is 23.6 Å². The number of halogens is 1. The average molecular weight is 359 g/mol. The molecule has 8 heteroatoms. The number of amides is 1. The third-order valence-electron chi connectivity index (χ3n) is 5.15. The maximum atomic E-state index is 13.4. The van der Waals surface area contributed by atoms with Gasteiger partial charge in [-0.2, -0.15) is 4.98 Å². The molecule has 0 bridgehead atoms. The lowest BCUT2D eigenvalue weighted by molar-refractivity contribution is -0.154. The Balaban J connectivity index is 1.50. The first-order chi connectivity index (χ1) is 12.5. The van der Waals surface area contributed by atoms with Crippen LogP contribution in [0.4, 0.5) is 4.39 Å². The Bertz CT molecular complexity index is 862. The Kier molecular flexibility index (Phi) is 3.97. The second-order valence-electron chi connectivity index (χ2n) is 6.94. The molecule has 1 aliphatic heterocycles. The number of benzene rings is 1. The molecular formula is C18H18FN3O4. The molecule has 1 aromatic carbocycles. The van der Waals surface area contributed by atoms with Crippen molar-refractivity contribution in [3.63, 3.8) is 0 Å². The van der Waals surface area contributed by atoms with Crippen LogP contribution < -0.4 is 0 Å². The molecule has 1 N–H and O–H groups in total. The molecule has 1 saturated carbocycles. The summed E-state index contributed by atoms with van der Waals surface area (Å²) >= 11 is 0. The fourth-order valence-corrected chi connectivity index (χ4v) is 3.46. The minimum atomic E-state index is -1.23. The molecule has 1 amide bonds. The maximum absolute atomic E-state index is 13.4. The normalized spacial score (nSPS) is 21.4. The number of piperidine rings is 1. The van der Waals surface area contributed by atoms with Gasteiger partial charge in [-0.1, -0.05) is 17.3 Å². The second-order valence-corrected chi connectivity index (χ2v) is 6.94. The summed E-state index contributed by atoms with van der Waals surface area (Å²) in [5.74, 6) is -1.21. The SMILES string of the molecule is O=C(O)C1(C(=O)N2CCC[C@@H](c3nc(-c4cccc(F)c4)no3)C2)CC1. The molecule has 2 aromatic rings. The van der Waals surface area contributed by atoms with Crippen molar-refractivity contribution in [2.24, 2.45) is 5.41 Å². The van der Waals surface area contributed by atoms with E-state index >= 15 is 0 Å². The molecule has 2 heterocycles. The van der Waals surface area contributed by atoms with Gasteiger partial charge in [0.25, 0.3) is 0 Å². The lowest BCUT2D eigenvalue weighted by Crippen LogP contribution is -2.45. The highest BCUT2D eigenvalue weighted by Gasteiger charge is 2.58. The molecule has 0 spiro atoms. The Hall–Kier alpha value is -2.77. The summed E-state index contributed by atoms with van der Waals surface area (Å²) in [6, 6.07) is 5.93. The van der Waals surface area contributed by atoms with Gasteiger partial charge in [0.1, 0.15) is 11.2 Å². The Morgan fingerprint density at radius 1 is 1.35 bits per heavy atom. The van der Waals surface area contributed by atoms with Crippen LogP contribution in [0, 0.1) is 11.2 Å². The van der Waals surface area contributed by atoms with Gasteiger partial charge in [0.15, 0.2) is 0 Å². The van der Waals surface area contributed by atoms with E-state index in [1.54, 1.807) is 17.0 Å². The van der Waals surface area contributed by atoms with Crippen LogP contribution >= 0.6 is 0 Å². The van der Waals surface area contributed by atoms with Crippen LogP contribution in [0.2, 0.25) is 0 Å². The molecule has 0 radical (unpaired) electrons. The van der Waals surface area contributed by atoms with E-state index in [-0.39, 0.29) is 17.6 Å². The number of hydrogen-bond donors (Lipinski definition) is 1. The van der Waals surface area contributed by atoms with E-state index in [0.717, 1.165) is 12.8 Å². The van der Waals surface area contributed by atoms with Gasteiger partial charge in [-0.05, 0) is 37.8 Å².